The van der Waals surface area contributed by atoms with Crippen LogP contribution in [0.2, 0.25) is 0 Å². The maximum absolute atomic E-state index is 12.4. The molecule has 5 heteroatoms. The molecule has 0 aliphatic carbocycles. The SMILES string of the molecule is CCOc1ccc(C(CC(=O)[O-])NC(=O)CC(C)c2ccccc2)cc1. The van der Waals surface area contributed by atoms with Crippen molar-refractivity contribution in [1.82, 2.24) is 5.32 Å². The monoisotopic (exact) mass is 354 g/mol. The molecule has 0 saturated heterocycles. The molecule has 2 atom stereocenters. The predicted molar refractivity (Wildman–Crippen MR) is 97.6 cm³/mol. The van der Waals surface area contributed by atoms with Gasteiger partial charge in [-0.15, -0.1) is 0 Å². The normalized spacial score (nSPS) is 12.8. The molecule has 0 saturated carbocycles. The molecule has 2 aromatic carbocycles. The summed E-state index contributed by atoms with van der Waals surface area (Å²) >= 11 is 0. The number of ether oxygens (including phenoxy) is 1. The van der Waals surface area contributed by atoms with Crippen LogP contribution in [0.5, 0.6) is 5.75 Å². The molecule has 1 amide bonds. The van der Waals surface area contributed by atoms with E-state index in [-0.39, 0.29) is 24.7 Å². The molecule has 5 nitrogen and oxygen atoms in total. The van der Waals surface area contributed by atoms with Crippen molar-refractivity contribution in [1.29, 1.82) is 0 Å². The minimum absolute atomic E-state index is 0.0418. The number of carboxylic acids is 1. The first kappa shape index (κ1) is 19.5. The number of rotatable bonds is 9. The molecule has 2 rings (SSSR count). The molecule has 1 N–H and O–H groups in total. The highest BCUT2D eigenvalue weighted by Crippen LogP contribution is 2.22. The van der Waals surface area contributed by atoms with E-state index in [4.69, 9.17) is 4.74 Å². The van der Waals surface area contributed by atoms with Crippen LogP contribution in [0.1, 0.15) is 49.8 Å². The summed E-state index contributed by atoms with van der Waals surface area (Å²) in [6.45, 7) is 4.41. The Morgan fingerprint density at radius 3 is 2.23 bits per heavy atom. The Balaban J connectivity index is 2.04. The summed E-state index contributed by atoms with van der Waals surface area (Å²) in [6, 6.07) is 16.2. The molecule has 0 radical (unpaired) electrons. The first-order valence-electron chi connectivity index (χ1n) is 8.76. The van der Waals surface area contributed by atoms with Gasteiger partial charge in [-0.1, -0.05) is 49.4 Å². The van der Waals surface area contributed by atoms with E-state index in [1.54, 1.807) is 24.3 Å². The van der Waals surface area contributed by atoms with Gasteiger partial charge in [0.05, 0.1) is 12.6 Å². The number of carbonyl (C=O) groups excluding carboxylic acids is 2. The summed E-state index contributed by atoms with van der Waals surface area (Å²) in [4.78, 5) is 23.5. The molecule has 26 heavy (non-hydrogen) atoms. The van der Waals surface area contributed by atoms with Crippen LogP contribution in [0.3, 0.4) is 0 Å². The minimum atomic E-state index is -1.21. The van der Waals surface area contributed by atoms with E-state index in [0.29, 0.717) is 17.9 Å². The van der Waals surface area contributed by atoms with Crippen molar-refractivity contribution in [2.75, 3.05) is 6.61 Å². The Hall–Kier alpha value is -2.82. The van der Waals surface area contributed by atoms with Crippen molar-refractivity contribution in [2.45, 2.75) is 38.6 Å². The van der Waals surface area contributed by atoms with Crippen LogP contribution in [-0.2, 0) is 9.59 Å². The van der Waals surface area contributed by atoms with E-state index in [9.17, 15) is 14.7 Å². The molecule has 2 aromatic rings. The van der Waals surface area contributed by atoms with Crippen molar-refractivity contribution < 1.29 is 19.4 Å². The Kier molecular flexibility index (Phi) is 7.21. The van der Waals surface area contributed by atoms with Gasteiger partial charge in [0.25, 0.3) is 0 Å². The van der Waals surface area contributed by atoms with Gasteiger partial charge in [0, 0.05) is 18.8 Å². The van der Waals surface area contributed by atoms with E-state index in [0.717, 1.165) is 5.56 Å². The number of amides is 1. The third kappa shape index (κ3) is 5.92. The van der Waals surface area contributed by atoms with Crippen LogP contribution < -0.4 is 15.2 Å². The first-order valence-corrected chi connectivity index (χ1v) is 8.76. The highest BCUT2D eigenvalue weighted by atomic mass is 16.5. The van der Waals surface area contributed by atoms with E-state index < -0.39 is 12.0 Å². The molecule has 138 valence electrons. The molecule has 0 bridgehead atoms. The van der Waals surface area contributed by atoms with Gasteiger partial charge in [0.2, 0.25) is 5.91 Å². The summed E-state index contributed by atoms with van der Waals surface area (Å²) in [5, 5.41) is 13.9. The van der Waals surface area contributed by atoms with E-state index in [1.807, 2.05) is 44.2 Å². The highest BCUT2D eigenvalue weighted by molar-refractivity contribution is 5.78. The topological polar surface area (TPSA) is 78.5 Å². The fraction of sp³-hybridized carbons (Fsp3) is 0.333. The molecule has 0 fully saturated rings. The average Bonchev–Trinajstić information content (AvgIpc) is 2.62. The van der Waals surface area contributed by atoms with Gasteiger partial charge in [-0.05, 0) is 36.1 Å². The average molecular weight is 354 g/mol. The van der Waals surface area contributed by atoms with Gasteiger partial charge in [-0.2, -0.15) is 0 Å². The van der Waals surface area contributed by atoms with Crippen LogP contribution in [-0.4, -0.2) is 18.5 Å². The van der Waals surface area contributed by atoms with Gasteiger partial charge in [0.15, 0.2) is 0 Å². The van der Waals surface area contributed by atoms with Crippen LogP contribution in [0, 0.1) is 0 Å². The summed E-state index contributed by atoms with van der Waals surface area (Å²) in [5.74, 6) is -0.658. The van der Waals surface area contributed by atoms with Crippen molar-refractivity contribution in [3.8, 4) is 5.75 Å². The van der Waals surface area contributed by atoms with Crippen molar-refractivity contribution in [3.05, 3.63) is 65.7 Å². The van der Waals surface area contributed by atoms with Gasteiger partial charge >= 0.3 is 0 Å². The van der Waals surface area contributed by atoms with Gasteiger partial charge in [-0.25, -0.2) is 0 Å². The number of nitrogens with one attached hydrogen (secondary N) is 1. The smallest absolute Gasteiger partial charge is 0.221 e. The second-order valence-electron chi connectivity index (χ2n) is 6.21. The molecule has 2 unspecified atom stereocenters. The Labute approximate surface area is 154 Å². The summed E-state index contributed by atoms with van der Waals surface area (Å²) in [5.41, 5.74) is 1.78. The minimum Gasteiger partial charge on any atom is -0.550 e. The third-order valence-corrected chi connectivity index (χ3v) is 4.16. The predicted octanol–water partition coefficient (Wildman–Crippen LogP) is 2.58. The number of hydrogen-bond acceptors (Lipinski definition) is 4. The van der Waals surface area contributed by atoms with Crippen LogP contribution in [0.15, 0.2) is 54.6 Å². The number of aliphatic carboxylic acids is 1. The molecule has 0 aliphatic rings. The second kappa shape index (κ2) is 9.61. The number of benzene rings is 2. The molecule has 0 spiro atoms. The number of carbonyl (C=O) groups is 2. The van der Waals surface area contributed by atoms with Crippen LogP contribution >= 0.6 is 0 Å². The molecule has 0 heterocycles. The lowest BCUT2D eigenvalue weighted by atomic mass is 9.97. The number of hydrogen-bond donors (Lipinski definition) is 1. The summed E-state index contributed by atoms with van der Waals surface area (Å²) in [6.07, 6.45) is 0.00400. The fourth-order valence-corrected chi connectivity index (χ4v) is 2.81. The van der Waals surface area contributed by atoms with Crippen LogP contribution in [0.4, 0.5) is 0 Å². The van der Waals surface area contributed by atoms with Gasteiger partial charge in [-0.3, -0.25) is 4.79 Å². The lowest BCUT2D eigenvalue weighted by molar-refractivity contribution is -0.306. The Morgan fingerprint density at radius 1 is 1.00 bits per heavy atom. The maximum atomic E-state index is 12.4. The second-order valence-corrected chi connectivity index (χ2v) is 6.21. The van der Waals surface area contributed by atoms with Gasteiger partial charge in [0.1, 0.15) is 5.75 Å². The van der Waals surface area contributed by atoms with E-state index in [1.165, 1.54) is 0 Å². The van der Waals surface area contributed by atoms with Crippen molar-refractivity contribution in [2.24, 2.45) is 0 Å². The largest absolute Gasteiger partial charge is 0.550 e. The molecule has 0 aliphatic heterocycles. The lowest BCUT2D eigenvalue weighted by Crippen LogP contribution is -2.34. The lowest BCUT2D eigenvalue weighted by Gasteiger charge is -2.21. The third-order valence-electron chi connectivity index (χ3n) is 4.16. The zero-order valence-electron chi connectivity index (χ0n) is 15.1. The fourth-order valence-electron chi connectivity index (χ4n) is 2.81. The van der Waals surface area contributed by atoms with Crippen molar-refractivity contribution in [3.63, 3.8) is 0 Å². The van der Waals surface area contributed by atoms with Gasteiger partial charge < -0.3 is 20.0 Å². The highest BCUT2D eigenvalue weighted by Gasteiger charge is 2.17. The quantitative estimate of drug-likeness (QED) is 0.751. The maximum Gasteiger partial charge on any atom is 0.221 e. The molecular formula is C21H24NO4-. The number of carboxylic acid groups (broad SMARTS) is 1. The van der Waals surface area contributed by atoms with E-state index in [2.05, 4.69) is 5.32 Å². The Morgan fingerprint density at radius 2 is 1.65 bits per heavy atom. The Bertz CT molecular complexity index is 713. The van der Waals surface area contributed by atoms with Crippen molar-refractivity contribution >= 4 is 11.9 Å². The zero-order valence-corrected chi connectivity index (χ0v) is 15.1. The van der Waals surface area contributed by atoms with Crippen LogP contribution in [0.25, 0.3) is 0 Å². The standard InChI is InChI=1S/C21H25NO4/c1-3-26-18-11-9-17(10-12-18)19(14-21(24)25)22-20(23)13-15(2)16-7-5-4-6-8-16/h4-12,15,19H,3,13-14H2,1-2H3,(H,22,23)(H,24,25)/p-1. The van der Waals surface area contributed by atoms with E-state index >= 15 is 0 Å². The first-order chi connectivity index (χ1) is 12.5. The molecule has 0 aromatic heterocycles. The summed E-state index contributed by atoms with van der Waals surface area (Å²) < 4.78 is 5.39. The zero-order chi connectivity index (χ0) is 18.9. The summed E-state index contributed by atoms with van der Waals surface area (Å²) in [7, 11) is 0. The molecular weight excluding hydrogens is 330 g/mol.